The summed E-state index contributed by atoms with van der Waals surface area (Å²) in [6, 6.07) is 0. The summed E-state index contributed by atoms with van der Waals surface area (Å²) in [6.45, 7) is 5.13. The highest BCUT2D eigenvalue weighted by molar-refractivity contribution is 5.01. The SMILES string of the molecule is [CH]=CC=CCc1ncc[nH]1. The van der Waals surface area contributed by atoms with Crippen molar-refractivity contribution in [3.8, 4) is 0 Å². The zero-order valence-corrected chi connectivity index (χ0v) is 5.62. The summed E-state index contributed by atoms with van der Waals surface area (Å²) in [6.07, 6.45) is 9.58. The Morgan fingerprint density at radius 3 is 3.20 bits per heavy atom. The van der Waals surface area contributed by atoms with E-state index < -0.39 is 0 Å². The summed E-state index contributed by atoms with van der Waals surface area (Å²) in [5, 5.41) is 0. The maximum atomic E-state index is 5.13. The quantitative estimate of drug-likeness (QED) is 0.622. The number of hydrogen-bond donors (Lipinski definition) is 1. The molecule has 0 aromatic carbocycles. The summed E-state index contributed by atoms with van der Waals surface area (Å²) in [4.78, 5) is 7.01. The van der Waals surface area contributed by atoms with Gasteiger partial charge >= 0.3 is 0 Å². The third-order valence-electron chi connectivity index (χ3n) is 1.11. The van der Waals surface area contributed by atoms with E-state index in [1.165, 1.54) is 6.08 Å². The third-order valence-corrected chi connectivity index (χ3v) is 1.11. The molecule has 1 rings (SSSR count). The fourth-order valence-electron chi connectivity index (χ4n) is 0.668. The lowest BCUT2D eigenvalue weighted by Crippen LogP contribution is -1.81. The summed E-state index contributed by atoms with van der Waals surface area (Å²) in [5.41, 5.74) is 0. The van der Waals surface area contributed by atoms with E-state index in [0.717, 1.165) is 12.2 Å². The molecule has 1 radical (unpaired) electrons. The molecule has 0 aliphatic heterocycles. The van der Waals surface area contributed by atoms with E-state index in [1.54, 1.807) is 18.5 Å². The van der Waals surface area contributed by atoms with E-state index in [4.69, 9.17) is 6.58 Å². The molecule has 10 heavy (non-hydrogen) atoms. The molecule has 2 nitrogen and oxygen atoms in total. The van der Waals surface area contributed by atoms with E-state index in [2.05, 4.69) is 9.97 Å². The lowest BCUT2D eigenvalue weighted by Gasteiger charge is -1.84. The molecular formula is C8H9N2. The van der Waals surface area contributed by atoms with E-state index >= 15 is 0 Å². The number of aromatic amines is 1. The van der Waals surface area contributed by atoms with Crippen LogP contribution in [-0.2, 0) is 6.42 Å². The second-order valence-electron chi connectivity index (χ2n) is 1.86. The molecule has 1 N–H and O–H groups in total. The van der Waals surface area contributed by atoms with Crippen molar-refractivity contribution < 1.29 is 0 Å². The van der Waals surface area contributed by atoms with Crippen molar-refractivity contribution in [2.75, 3.05) is 0 Å². The standard InChI is InChI=1S/C8H9N2/c1-2-3-4-5-8-9-6-7-10-8/h1-4,6-7H,5H2,(H,9,10). The van der Waals surface area contributed by atoms with Gasteiger partial charge in [0.05, 0.1) is 0 Å². The predicted molar refractivity (Wildman–Crippen MR) is 40.3 cm³/mol. The maximum absolute atomic E-state index is 5.13. The molecule has 0 spiro atoms. The van der Waals surface area contributed by atoms with Gasteiger partial charge in [0.25, 0.3) is 0 Å². The Morgan fingerprint density at radius 1 is 1.70 bits per heavy atom. The predicted octanol–water partition coefficient (Wildman–Crippen LogP) is 1.50. The van der Waals surface area contributed by atoms with Gasteiger partial charge in [-0.05, 0) is 0 Å². The van der Waals surface area contributed by atoms with Crippen LogP contribution in [0, 0.1) is 6.58 Å². The molecule has 1 heterocycles. The van der Waals surface area contributed by atoms with Crippen LogP contribution >= 0.6 is 0 Å². The zero-order chi connectivity index (χ0) is 7.23. The van der Waals surface area contributed by atoms with Gasteiger partial charge in [0.2, 0.25) is 0 Å². The minimum Gasteiger partial charge on any atom is -0.348 e. The van der Waals surface area contributed by atoms with Gasteiger partial charge in [-0.25, -0.2) is 4.98 Å². The Morgan fingerprint density at radius 2 is 2.60 bits per heavy atom. The average molecular weight is 133 g/mol. The van der Waals surface area contributed by atoms with Gasteiger partial charge in [-0.2, -0.15) is 0 Å². The minimum atomic E-state index is 0.806. The minimum absolute atomic E-state index is 0.806. The summed E-state index contributed by atoms with van der Waals surface area (Å²) in [7, 11) is 0. The highest BCUT2D eigenvalue weighted by Crippen LogP contribution is 1.90. The number of imidazole rings is 1. The lowest BCUT2D eigenvalue weighted by molar-refractivity contribution is 1.06. The molecule has 0 saturated carbocycles. The van der Waals surface area contributed by atoms with Crippen LogP contribution in [-0.4, -0.2) is 9.97 Å². The van der Waals surface area contributed by atoms with Crippen molar-refractivity contribution in [1.29, 1.82) is 0 Å². The summed E-state index contributed by atoms with van der Waals surface area (Å²) < 4.78 is 0. The van der Waals surface area contributed by atoms with Crippen LogP contribution in [0.1, 0.15) is 5.82 Å². The average Bonchev–Trinajstić information content (AvgIpc) is 2.41. The molecule has 0 fully saturated rings. The van der Waals surface area contributed by atoms with Crippen LogP contribution in [0.15, 0.2) is 30.6 Å². The van der Waals surface area contributed by atoms with Crippen LogP contribution in [0.25, 0.3) is 0 Å². The molecule has 0 amide bonds. The first-order chi connectivity index (χ1) is 4.93. The van der Waals surface area contributed by atoms with E-state index in [9.17, 15) is 0 Å². The fourth-order valence-corrected chi connectivity index (χ4v) is 0.668. The van der Waals surface area contributed by atoms with Gasteiger partial charge in [-0.3, -0.25) is 0 Å². The van der Waals surface area contributed by atoms with E-state index in [0.29, 0.717) is 0 Å². The van der Waals surface area contributed by atoms with Crippen LogP contribution in [0.2, 0.25) is 0 Å². The van der Waals surface area contributed by atoms with Crippen LogP contribution in [0.3, 0.4) is 0 Å². The number of nitrogens with zero attached hydrogens (tertiary/aromatic N) is 1. The Hall–Kier alpha value is -1.31. The van der Waals surface area contributed by atoms with Gasteiger partial charge in [-0.1, -0.05) is 24.8 Å². The first kappa shape index (κ1) is 6.81. The van der Waals surface area contributed by atoms with Crippen molar-refractivity contribution in [2.24, 2.45) is 0 Å². The Bertz CT molecular complexity index is 209. The maximum Gasteiger partial charge on any atom is 0.109 e. The number of H-pyrrole nitrogens is 1. The number of rotatable bonds is 3. The molecule has 51 valence electrons. The highest BCUT2D eigenvalue weighted by Gasteiger charge is 1.86. The molecule has 1 aromatic heterocycles. The number of allylic oxidation sites excluding steroid dienone is 3. The Labute approximate surface area is 60.3 Å². The zero-order valence-electron chi connectivity index (χ0n) is 5.62. The third kappa shape index (κ3) is 1.90. The van der Waals surface area contributed by atoms with E-state index in [1.807, 2.05) is 6.08 Å². The number of aromatic nitrogens is 2. The van der Waals surface area contributed by atoms with Crippen molar-refractivity contribution in [3.05, 3.63) is 43.0 Å². The normalized spacial score (nSPS) is 10.4. The topological polar surface area (TPSA) is 28.7 Å². The number of nitrogens with one attached hydrogen (secondary N) is 1. The fraction of sp³-hybridized carbons (Fsp3) is 0.125. The molecule has 2 heteroatoms. The van der Waals surface area contributed by atoms with Crippen LogP contribution in [0.4, 0.5) is 0 Å². The van der Waals surface area contributed by atoms with Crippen LogP contribution < -0.4 is 0 Å². The first-order valence-electron chi connectivity index (χ1n) is 3.12. The monoisotopic (exact) mass is 133 g/mol. The Kier molecular flexibility index (Phi) is 2.49. The number of hydrogen-bond acceptors (Lipinski definition) is 1. The second-order valence-corrected chi connectivity index (χ2v) is 1.86. The van der Waals surface area contributed by atoms with Crippen LogP contribution in [0.5, 0.6) is 0 Å². The molecule has 0 aliphatic carbocycles. The van der Waals surface area contributed by atoms with Gasteiger partial charge < -0.3 is 4.98 Å². The van der Waals surface area contributed by atoms with Gasteiger partial charge in [0.15, 0.2) is 0 Å². The largest absolute Gasteiger partial charge is 0.348 e. The van der Waals surface area contributed by atoms with Gasteiger partial charge in [0.1, 0.15) is 5.82 Å². The van der Waals surface area contributed by atoms with Crippen molar-refractivity contribution in [1.82, 2.24) is 9.97 Å². The molecular weight excluding hydrogens is 124 g/mol. The summed E-state index contributed by atoms with van der Waals surface area (Å²) >= 11 is 0. The lowest BCUT2D eigenvalue weighted by atomic mass is 10.3. The molecule has 0 saturated heterocycles. The smallest absolute Gasteiger partial charge is 0.109 e. The molecule has 0 unspecified atom stereocenters. The van der Waals surface area contributed by atoms with Gasteiger partial charge in [0, 0.05) is 18.8 Å². The molecule has 0 atom stereocenters. The molecule has 0 aliphatic rings. The first-order valence-corrected chi connectivity index (χ1v) is 3.12. The van der Waals surface area contributed by atoms with Crippen molar-refractivity contribution >= 4 is 0 Å². The van der Waals surface area contributed by atoms with E-state index in [-0.39, 0.29) is 0 Å². The Balaban J connectivity index is 2.41. The van der Waals surface area contributed by atoms with Crippen molar-refractivity contribution in [2.45, 2.75) is 6.42 Å². The highest BCUT2D eigenvalue weighted by atomic mass is 14.9. The molecule has 0 bridgehead atoms. The molecule has 1 aromatic rings. The van der Waals surface area contributed by atoms with Gasteiger partial charge in [-0.15, -0.1) is 0 Å². The second kappa shape index (κ2) is 3.67. The van der Waals surface area contributed by atoms with Crippen molar-refractivity contribution in [3.63, 3.8) is 0 Å². The summed E-state index contributed by atoms with van der Waals surface area (Å²) in [5.74, 6) is 0.957.